The third-order valence-corrected chi connectivity index (χ3v) is 3.29. The largest absolute Gasteiger partial charge is 0.465 e. The van der Waals surface area contributed by atoms with E-state index in [-0.39, 0.29) is 12.4 Å². The summed E-state index contributed by atoms with van der Waals surface area (Å²) in [4.78, 5) is 20.5. The Hall–Kier alpha value is -2.89. The van der Waals surface area contributed by atoms with Crippen LogP contribution in [0.1, 0.15) is 29.1 Å². The number of nitrogens with zero attached hydrogens (tertiary/aromatic N) is 2. The van der Waals surface area contributed by atoms with E-state index in [1.54, 1.807) is 6.92 Å². The minimum atomic E-state index is -0.532. The highest BCUT2D eigenvalue weighted by molar-refractivity contribution is 5.94. The molecule has 0 saturated carbocycles. The number of para-hydroxylation sites is 1. The molecule has 0 unspecified atom stereocenters. The van der Waals surface area contributed by atoms with Crippen molar-refractivity contribution in [3.63, 3.8) is 0 Å². The van der Waals surface area contributed by atoms with Crippen LogP contribution in [0.25, 0.3) is 10.9 Å². The molecule has 0 atom stereocenters. The minimum Gasteiger partial charge on any atom is -0.465 e. The van der Waals surface area contributed by atoms with Crippen LogP contribution in [0.3, 0.4) is 0 Å². The maximum atomic E-state index is 11.9. The summed E-state index contributed by atoms with van der Waals surface area (Å²) >= 11 is 0. The first-order valence-corrected chi connectivity index (χ1v) is 7.40. The summed E-state index contributed by atoms with van der Waals surface area (Å²) in [5.41, 5.74) is 0.684. The number of carbonyl (C=O) groups excluding carboxylic acids is 1. The molecule has 0 saturated heterocycles. The lowest BCUT2D eigenvalue weighted by atomic mass is 10.2. The van der Waals surface area contributed by atoms with Gasteiger partial charge in [0.05, 0.1) is 18.7 Å². The summed E-state index contributed by atoms with van der Waals surface area (Å²) in [6, 6.07) is 11.3. The van der Waals surface area contributed by atoms with Crippen LogP contribution in [-0.2, 0) is 11.3 Å². The average Bonchev–Trinajstić information content (AvgIpc) is 2.98. The molecule has 0 spiro atoms. The van der Waals surface area contributed by atoms with Crippen LogP contribution in [-0.4, -0.2) is 22.5 Å². The Bertz CT molecular complexity index is 842. The normalized spacial score (nSPS) is 10.7. The number of aryl methyl sites for hydroxylation is 1. The Morgan fingerprint density at radius 2 is 2.04 bits per heavy atom. The summed E-state index contributed by atoms with van der Waals surface area (Å²) in [5, 5.41) is 4.04. The molecule has 3 aromatic rings. The van der Waals surface area contributed by atoms with Gasteiger partial charge in [-0.25, -0.2) is 14.8 Å². The molecule has 118 valence electrons. The van der Waals surface area contributed by atoms with Crippen molar-refractivity contribution >= 4 is 22.7 Å². The number of anilines is 1. The van der Waals surface area contributed by atoms with Gasteiger partial charge in [0.1, 0.15) is 17.3 Å². The van der Waals surface area contributed by atoms with Crippen LogP contribution in [0.4, 0.5) is 5.82 Å². The number of aromatic nitrogens is 2. The second-order valence-corrected chi connectivity index (χ2v) is 5.00. The van der Waals surface area contributed by atoms with E-state index < -0.39 is 5.97 Å². The number of nitrogens with one attached hydrogen (secondary N) is 1. The molecule has 0 aliphatic rings. The molecule has 0 fully saturated rings. The topological polar surface area (TPSA) is 77.2 Å². The van der Waals surface area contributed by atoms with Gasteiger partial charge in [0.2, 0.25) is 5.82 Å². The first-order chi connectivity index (χ1) is 11.2. The van der Waals surface area contributed by atoms with Gasteiger partial charge in [-0.15, -0.1) is 0 Å². The maximum Gasteiger partial charge on any atom is 0.376 e. The van der Waals surface area contributed by atoms with Crippen molar-refractivity contribution < 1.29 is 13.9 Å². The van der Waals surface area contributed by atoms with Crippen molar-refractivity contribution in [2.75, 3.05) is 11.9 Å². The van der Waals surface area contributed by atoms with Gasteiger partial charge in [-0.05, 0) is 38.1 Å². The maximum absolute atomic E-state index is 11.9. The predicted molar refractivity (Wildman–Crippen MR) is 86.3 cm³/mol. The quantitative estimate of drug-likeness (QED) is 0.728. The van der Waals surface area contributed by atoms with Gasteiger partial charge in [-0.3, -0.25) is 0 Å². The second kappa shape index (κ2) is 6.48. The zero-order valence-electron chi connectivity index (χ0n) is 13.0. The van der Waals surface area contributed by atoms with Crippen LogP contribution < -0.4 is 5.32 Å². The van der Waals surface area contributed by atoms with E-state index >= 15 is 0 Å². The highest BCUT2D eigenvalue weighted by Gasteiger charge is 2.15. The molecule has 0 amide bonds. The Morgan fingerprint density at radius 3 is 2.78 bits per heavy atom. The number of furan rings is 1. The molecule has 1 aromatic carbocycles. The fourth-order valence-corrected chi connectivity index (χ4v) is 2.25. The second-order valence-electron chi connectivity index (χ2n) is 5.00. The Labute approximate surface area is 133 Å². The van der Waals surface area contributed by atoms with E-state index in [9.17, 15) is 4.79 Å². The highest BCUT2D eigenvalue weighted by atomic mass is 16.5. The van der Waals surface area contributed by atoms with Crippen LogP contribution in [0.15, 0.2) is 40.8 Å². The minimum absolute atomic E-state index is 0.0451. The molecule has 6 nitrogen and oxygen atoms in total. The lowest BCUT2D eigenvalue weighted by Crippen LogP contribution is -2.12. The Morgan fingerprint density at radius 1 is 1.22 bits per heavy atom. The van der Waals surface area contributed by atoms with E-state index in [0.29, 0.717) is 17.9 Å². The molecule has 2 heterocycles. The number of esters is 1. The molecule has 0 radical (unpaired) electrons. The summed E-state index contributed by atoms with van der Waals surface area (Å²) in [6.45, 7) is 4.39. The van der Waals surface area contributed by atoms with Gasteiger partial charge in [0.25, 0.3) is 0 Å². The first-order valence-electron chi connectivity index (χ1n) is 7.40. The van der Waals surface area contributed by atoms with Gasteiger partial charge < -0.3 is 14.5 Å². The fourth-order valence-electron chi connectivity index (χ4n) is 2.25. The van der Waals surface area contributed by atoms with Crippen molar-refractivity contribution in [1.29, 1.82) is 0 Å². The number of ether oxygens (including phenoxy) is 1. The fraction of sp³-hybridized carbons (Fsp3) is 0.235. The lowest BCUT2D eigenvalue weighted by molar-refractivity contribution is 0.0512. The zero-order valence-corrected chi connectivity index (χ0v) is 13.0. The molecule has 0 aliphatic heterocycles. The van der Waals surface area contributed by atoms with Gasteiger partial charge >= 0.3 is 5.97 Å². The zero-order chi connectivity index (χ0) is 16.2. The molecule has 0 aliphatic carbocycles. The average molecular weight is 311 g/mol. The molecular formula is C17H17N3O3. The van der Waals surface area contributed by atoms with E-state index in [4.69, 9.17) is 9.15 Å². The molecular weight excluding hydrogens is 294 g/mol. The smallest absolute Gasteiger partial charge is 0.376 e. The van der Waals surface area contributed by atoms with Crippen molar-refractivity contribution in [2.24, 2.45) is 0 Å². The van der Waals surface area contributed by atoms with Gasteiger partial charge in [-0.2, -0.15) is 0 Å². The van der Waals surface area contributed by atoms with E-state index in [0.717, 1.165) is 16.9 Å². The molecule has 6 heteroatoms. The number of hydrogen-bond acceptors (Lipinski definition) is 6. The monoisotopic (exact) mass is 311 g/mol. The summed E-state index contributed by atoms with van der Waals surface area (Å²) in [5.74, 6) is 1.73. The van der Waals surface area contributed by atoms with Gasteiger partial charge in [0, 0.05) is 5.39 Å². The summed E-state index contributed by atoms with van der Waals surface area (Å²) < 4.78 is 10.5. The number of carbonyl (C=O) groups is 1. The molecule has 0 bridgehead atoms. The van der Waals surface area contributed by atoms with Crippen LogP contribution in [0.2, 0.25) is 0 Å². The number of hydrogen-bond donors (Lipinski definition) is 1. The lowest BCUT2D eigenvalue weighted by Gasteiger charge is -2.09. The van der Waals surface area contributed by atoms with Crippen molar-refractivity contribution in [2.45, 2.75) is 20.4 Å². The third kappa shape index (κ3) is 3.31. The van der Waals surface area contributed by atoms with E-state index in [1.807, 2.05) is 43.3 Å². The predicted octanol–water partition coefficient (Wildman–Crippen LogP) is 3.32. The molecule has 23 heavy (non-hydrogen) atoms. The molecule has 2 aromatic heterocycles. The number of rotatable bonds is 5. The number of benzene rings is 1. The van der Waals surface area contributed by atoms with E-state index in [1.165, 1.54) is 0 Å². The molecule has 1 N–H and O–H groups in total. The highest BCUT2D eigenvalue weighted by Crippen LogP contribution is 2.21. The summed E-state index contributed by atoms with van der Waals surface area (Å²) in [7, 11) is 0. The Balaban J connectivity index is 1.94. The standard InChI is InChI=1S/C17H17N3O3/c1-3-22-17(21)16-19-14-7-5-4-6-13(14)15(20-16)18-10-12-9-8-11(2)23-12/h4-9H,3,10H2,1-2H3,(H,18,19,20). The van der Waals surface area contributed by atoms with Crippen LogP contribution >= 0.6 is 0 Å². The van der Waals surface area contributed by atoms with E-state index in [2.05, 4.69) is 15.3 Å². The van der Waals surface area contributed by atoms with Crippen molar-refractivity contribution in [3.8, 4) is 0 Å². The molecule has 3 rings (SSSR count). The van der Waals surface area contributed by atoms with Crippen LogP contribution in [0, 0.1) is 6.92 Å². The van der Waals surface area contributed by atoms with Crippen molar-refractivity contribution in [3.05, 3.63) is 53.7 Å². The summed E-state index contributed by atoms with van der Waals surface area (Å²) in [6.07, 6.45) is 0. The van der Waals surface area contributed by atoms with Crippen molar-refractivity contribution in [1.82, 2.24) is 9.97 Å². The number of fused-ring (bicyclic) bond motifs is 1. The van der Waals surface area contributed by atoms with Crippen LogP contribution in [0.5, 0.6) is 0 Å². The Kier molecular flexibility index (Phi) is 4.23. The SMILES string of the molecule is CCOC(=O)c1nc(NCc2ccc(C)o2)c2ccccc2n1. The van der Waals surface area contributed by atoms with Gasteiger partial charge in [-0.1, -0.05) is 12.1 Å². The third-order valence-electron chi connectivity index (χ3n) is 3.29. The first kappa shape index (κ1) is 15.0. The van der Waals surface area contributed by atoms with Gasteiger partial charge in [0.15, 0.2) is 0 Å².